The Morgan fingerprint density at radius 1 is 0.714 bits per heavy atom. The Morgan fingerprint density at radius 3 is 1.86 bits per heavy atom. The molecule has 0 saturated heterocycles. The molecule has 0 bridgehead atoms. The number of carboxylic acids is 1. The fourth-order valence-corrected chi connectivity index (χ4v) is 4.09. The third-order valence-electron chi connectivity index (χ3n) is 5.85. The van der Waals surface area contributed by atoms with Crippen LogP contribution in [-0.4, -0.2) is 30.5 Å². The molecule has 4 aromatic rings. The highest BCUT2D eigenvalue weighted by molar-refractivity contribution is 6.30. The van der Waals surface area contributed by atoms with Crippen molar-refractivity contribution in [3.63, 3.8) is 0 Å². The van der Waals surface area contributed by atoms with Gasteiger partial charge in [-0.25, -0.2) is 4.79 Å². The molecule has 0 heterocycles. The summed E-state index contributed by atoms with van der Waals surface area (Å²) in [4.78, 5) is 29.2. The van der Waals surface area contributed by atoms with Crippen LogP contribution in [0.2, 0.25) is 5.02 Å². The molecule has 0 fully saturated rings. The number of hydrogen-bond donors (Lipinski definition) is 1. The first-order valence-electron chi connectivity index (χ1n) is 11.2. The van der Waals surface area contributed by atoms with Gasteiger partial charge >= 0.3 is 5.97 Å². The van der Waals surface area contributed by atoms with Crippen LogP contribution in [0.4, 0.5) is 22.7 Å². The Morgan fingerprint density at radius 2 is 1.29 bits per heavy atom. The Bertz CT molecular complexity index is 1340. The highest BCUT2D eigenvalue weighted by Crippen LogP contribution is 2.29. The van der Waals surface area contributed by atoms with Crippen LogP contribution >= 0.6 is 11.6 Å². The van der Waals surface area contributed by atoms with Gasteiger partial charge in [0.1, 0.15) is 0 Å². The van der Waals surface area contributed by atoms with Crippen LogP contribution < -0.4 is 9.80 Å². The first-order chi connectivity index (χ1) is 16.9. The summed E-state index contributed by atoms with van der Waals surface area (Å²) in [5.74, 6) is -1.32. The topological polar surface area (TPSA) is 60.9 Å². The van der Waals surface area contributed by atoms with Crippen molar-refractivity contribution in [2.45, 2.75) is 6.92 Å². The van der Waals surface area contributed by atoms with Crippen molar-refractivity contribution in [3.05, 3.63) is 119 Å². The van der Waals surface area contributed by atoms with Crippen LogP contribution in [0, 0.1) is 0 Å². The SMILES string of the molecule is CCN(c1ccccc1)c1cc(C(=O)O)cc(C(=O)c2ccc(N(C)c3ccc(Cl)cc3)cc2)c1. The highest BCUT2D eigenvalue weighted by atomic mass is 35.5. The van der Waals surface area contributed by atoms with Gasteiger partial charge in [0, 0.05) is 52.5 Å². The second-order valence-electron chi connectivity index (χ2n) is 8.06. The summed E-state index contributed by atoms with van der Waals surface area (Å²) in [5.41, 5.74) is 4.33. The van der Waals surface area contributed by atoms with Crippen LogP contribution in [-0.2, 0) is 0 Å². The summed E-state index contributed by atoms with van der Waals surface area (Å²) in [6.07, 6.45) is 0. The van der Waals surface area contributed by atoms with E-state index in [1.165, 1.54) is 6.07 Å². The van der Waals surface area contributed by atoms with Crippen molar-refractivity contribution in [2.24, 2.45) is 0 Å². The first kappa shape index (κ1) is 24.0. The minimum atomic E-state index is -1.08. The lowest BCUT2D eigenvalue weighted by Gasteiger charge is -2.24. The normalized spacial score (nSPS) is 10.6. The van der Waals surface area contributed by atoms with E-state index in [1.807, 2.05) is 90.5 Å². The Labute approximate surface area is 209 Å². The maximum atomic E-state index is 13.4. The third kappa shape index (κ3) is 5.36. The number of carboxylic acid groups (broad SMARTS) is 1. The van der Waals surface area contributed by atoms with Crippen molar-refractivity contribution >= 4 is 46.1 Å². The first-order valence-corrected chi connectivity index (χ1v) is 11.6. The second kappa shape index (κ2) is 10.5. The molecular weight excluding hydrogens is 460 g/mol. The molecule has 0 saturated carbocycles. The summed E-state index contributed by atoms with van der Waals surface area (Å²) in [6, 6.07) is 29.2. The van der Waals surface area contributed by atoms with Crippen LogP contribution in [0.3, 0.4) is 0 Å². The molecule has 0 unspecified atom stereocenters. The predicted octanol–water partition coefficient (Wildman–Crippen LogP) is 7.20. The highest BCUT2D eigenvalue weighted by Gasteiger charge is 2.18. The molecular formula is C29H25ClN2O3. The van der Waals surface area contributed by atoms with Crippen LogP contribution in [0.25, 0.3) is 0 Å². The molecule has 0 spiro atoms. The van der Waals surface area contributed by atoms with Crippen molar-refractivity contribution in [1.29, 1.82) is 0 Å². The van der Waals surface area contributed by atoms with Gasteiger partial charge in [-0.05, 0) is 85.8 Å². The van der Waals surface area contributed by atoms with Crippen molar-refractivity contribution < 1.29 is 14.7 Å². The summed E-state index contributed by atoms with van der Waals surface area (Å²) in [5, 5.41) is 10.4. The van der Waals surface area contributed by atoms with Gasteiger partial charge in [0.15, 0.2) is 5.78 Å². The van der Waals surface area contributed by atoms with E-state index >= 15 is 0 Å². The lowest BCUT2D eigenvalue weighted by molar-refractivity contribution is 0.0697. The number of halogens is 1. The number of rotatable bonds is 8. The molecule has 35 heavy (non-hydrogen) atoms. The zero-order valence-corrected chi connectivity index (χ0v) is 20.2. The molecule has 0 atom stereocenters. The number of nitrogens with zero attached hydrogens (tertiary/aromatic N) is 2. The molecule has 0 amide bonds. The number of anilines is 4. The molecule has 0 aliphatic heterocycles. The van der Waals surface area contributed by atoms with Crippen molar-refractivity contribution in [3.8, 4) is 0 Å². The van der Waals surface area contributed by atoms with Gasteiger partial charge in [-0.3, -0.25) is 4.79 Å². The van der Waals surface area contributed by atoms with Crippen molar-refractivity contribution in [1.82, 2.24) is 0 Å². The Balaban J connectivity index is 1.65. The fraction of sp³-hybridized carbons (Fsp3) is 0.103. The van der Waals surface area contributed by atoms with Crippen LogP contribution in [0.1, 0.15) is 33.2 Å². The minimum absolute atomic E-state index is 0.0688. The monoisotopic (exact) mass is 484 g/mol. The molecule has 6 heteroatoms. The number of carbonyl (C=O) groups excluding carboxylic acids is 1. The van der Waals surface area contributed by atoms with E-state index < -0.39 is 5.97 Å². The Kier molecular flexibility index (Phi) is 7.18. The molecule has 176 valence electrons. The summed E-state index contributed by atoms with van der Waals surface area (Å²) in [7, 11) is 1.94. The maximum Gasteiger partial charge on any atom is 0.335 e. The van der Waals surface area contributed by atoms with Gasteiger partial charge < -0.3 is 14.9 Å². The van der Waals surface area contributed by atoms with Crippen LogP contribution in [0.5, 0.6) is 0 Å². The van der Waals surface area contributed by atoms with Gasteiger partial charge in [-0.2, -0.15) is 0 Å². The number of aromatic carboxylic acids is 1. The lowest BCUT2D eigenvalue weighted by Crippen LogP contribution is -2.17. The van der Waals surface area contributed by atoms with E-state index in [0.717, 1.165) is 17.1 Å². The number of hydrogen-bond acceptors (Lipinski definition) is 4. The summed E-state index contributed by atoms with van der Waals surface area (Å²) < 4.78 is 0. The minimum Gasteiger partial charge on any atom is -0.478 e. The predicted molar refractivity (Wildman–Crippen MR) is 142 cm³/mol. The average Bonchev–Trinajstić information content (AvgIpc) is 2.89. The molecule has 4 rings (SSSR count). The number of ketones is 1. The largest absolute Gasteiger partial charge is 0.478 e. The van der Waals surface area contributed by atoms with E-state index in [2.05, 4.69) is 0 Å². The molecule has 5 nitrogen and oxygen atoms in total. The van der Waals surface area contributed by atoms with Crippen LogP contribution in [0.15, 0.2) is 97.1 Å². The Hall–Kier alpha value is -4.09. The quantitative estimate of drug-likeness (QED) is 0.268. The van der Waals surface area contributed by atoms with E-state index in [0.29, 0.717) is 28.4 Å². The van der Waals surface area contributed by atoms with Gasteiger partial charge in [-0.15, -0.1) is 0 Å². The zero-order chi connectivity index (χ0) is 24.9. The van der Waals surface area contributed by atoms with Gasteiger partial charge in [-0.1, -0.05) is 29.8 Å². The molecule has 4 aromatic carbocycles. The van der Waals surface area contributed by atoms with E-state index in [9.17, 15) is 14.7 Å². The third-order valence-corrected chi connectivity index (χ3v) is 6.11. The summed E-state index contributed by atoms with van der Waals surface area (Å²) in [6.45, 7) is 2.60. The molecule has 0 aliphatic carbocycles. The van der Waals surface area contributed by atoms with E-state index in [4.69, 9.17) is 11.6 Å². The van der Waals surface area contributed by atoms with E-state index in [-0.39, 0.29) is 11.3 Å². The fourth-order valence-electron chi connectivity index (χ4n) is 3.96. The maximum absolute atomic E-state index is 13.4. The smallest absolute Gasteiger partial charge is 0.335 e. The number of benzene rings is 4. The number of para-hydroxylation sites is 1. The second-order valence-corrected chi connectivity index (χ2v) is 8.50. The molecule has 0 aromatic heterocycles. The van der Waals surface area contributed by atoms with Crippen molar-refractivity contribution in [2.75, 3.05) is 23.4 Å². The van der Waals surface area contributed by atoms with Gasteiger partial charge in [0.25, 0.3) is 0 Å². The van der Waals surface area contributed by atoms with Gasteiger partial charge in [0.2, 0.25) is 0 Å². The lowest BCUT2D eigenvalue weighted by atomic mass is 9.99. The summed E-state index contributed by atoms with van der Waals surface area (Å²) >= 11 is 5.99. The molecule has 1 N–H and O–H groups in total. The zero-order valence-electron chi connectivity index (χ0n) is 19.5. The molecule has 0 radical (unpaired) electrons. The average molecular weight is 485 g/mol. The standard InChI is InChI=1S/C29H25ClN2O3/c1-3-32(26-7-5-4-6-8-26)27-18-21(17-22(19-27)29(34)35)28(33)20-9-13-24(14-10-20)31(2)25-15-11-23(30)12-16-25/h4-19H,3H2,1-2H3,(H,34,35). The van der Waals surface area contributed by atoms with E-state index in [1.54, 1.807) is 24.3 Å². The van der Waals surface area contributed by atoms with Gasteiger partial charge in [0.05, 0.1) is 5.56 Å². The number of carbonyl (C=O) groups is 2. The molecule has 0 aliphatic rings.